The van der Waals surface area contributed by atoms with Gasteiger partial charge in [-0.2, -0.15) is 18.2 Å². The Hall–Kier alpha value is -2.17. The first kappa shape index (κ1) is 19.8. The Bertz CT molecular complexity index is 1050. The van der Waals surface area contributed by atoms with Crippen LogP contribution in [0.4, 0.5) is 19.2 Å². The van der Waals surface area contributed by atoms with E-state index in [9.17, 15) is 18.3 Å². The van der Waals surface area contributed by atoms with Crippen LogP contribution in [-0.2, 0) is 5.60 Å². The normalized spacial score (nSPS) is 24.2. The lowest BCUT2D eigenvalue weighted by atomic mass is 9.93. The Labute approximate surface area is 174 Å². The van der Waals surface area contributed by atoms with Gasteiger partial charge < -0.3 is 19.7 Å². The monoisotopic (exact) mass is 438 g/mol. The van der Waals surface area contributed by atoms with Crippen molar-refractivity contribution >= 4 is 28.5 Å². The Morgan fingerprint density at radius 2 is 1.97 bits per heavy atom. The average molecular weight is 438 g/mol. The molecule has 6 nitrogen and oxygen atoms in total. The zero-order valence-electron chi connectivity index (χ0n) is 16.2. The van der Waals surface area contributed by atoms with Crippen LogP contribution in [0.15, 0.2) is 28.1 Å². The molecule has 2 bridgehead atoms. The number of alkyl halides is 3. The number of halogens is 3. The first-order valence-electron chi connectivity index (χ1n) is 9.87. The molecule has 2 aliphatic rings. The molecule has 2 aromatic heterocycles. The molecule has 0 radical (unpaired) electrons. The van der Waals surface area contributed by atoms with Crippen molar-refractivity contribution < 1.29 is 22.7 Å². The van der Waals surface area contributed by atoms with E-state index in [0.29, 0.717) is 34.3 Å². The minimum absolute atomic E-state index is 0.279. The van der Waals surface area contributed by atoms with Gasteiger partial charge in [0, 0.05) is 36.8 Å². The van der Waals surface area contributed by atoms with Crippen LogP contribution in [0.25, 0.3) is 21.7 Å². The van der Waals surface area contributed by atoms with Gasteiger partial charge in [0.25, 0.3) is 6.01 Å². The molecule has 2 saturated heterocycles. The third-order valence-electron chi connectivity index (χ3n) is 5.98. The Morgan fingerprint density at radius 1 is 1.23 bits per heavy atom. The number of fused-ring (bicyclic) bond motifs is 3. The highest BCUT2D eigenvalue weighted by Gasteiger charge is 2.51. The fourth-order valence-corrected chi connectivity index (χ4v) is 4.93. The van der Waals surface area contributed by atoms with E-state index < -0.39 is 11.8 Å². The minimum atomic E-state index is -4.83. The molecule has 2 aliphatic heterocycles. The summed E-state index contributed by atoms with van der Waals surface area (Å²) in [5.74, 6) is 0. The fraction of sp³-hybridized carbons (Fsp3) is 0.500. The Balaban J connectivity index is 1.62. The predicted molar refractivity (Wildman–Crippen MR) is 108 cm³/mol. The number of piperidine rings is 1. The third kappa shape index (κ3) is 3.27. The van der Waals surface area contributed by atoms with Gasteiger partial charge in [0.05, 0.1) is 5.56 Å². The average Bonchev–Trinajstić information content (AvgIpc) is 3.35. The molecule has 3 unspecified atom stereocenters. The number of nitrogens with zero attached hydrogens (tertiary/aromatic N) is 3. The summed E-state index contributed by atoms with van der Waals surface area (Å²) in [5.41, 5.74) is -2.25. The van der Waals surface area contributed by atoms with Crippen molar-refractivity contribution in [1.82, 2.24) is 15.3 Å². The number of benzene rings is 1. The topological polar surface area (TPSA) is 74.4 Å². The molecule has 1 aromatic carbocycles. The molecule has 3 atom stereocenters. The van der Waals surface area contributed by atoms with Crippen molar-refractivity contribution in [2.75, 3.05) is 18.0 Å². The van der Waals surface area contributed by atoms with Gasteiger partial charge in [0.15, 0.2) is 11.2 Å². The molecular formula is C20H21F3N4O2S. The van der Waals surface area contributed by atoms with Gasteiger partial charge >= 0.3 is 6.18 Å². The number of nitrogens with one attached hydrogen (secondary N) is 1. The second-order valence-corrected chi connectivity index (χ2v) is 9.07. The maximum Gasteiger partial charge on any atom is 0.421 e. The summed E-state index contributed by atoms with van der Waals surface area (Å²) in [6.45, 7) is 2.23. The van der Waals surface area contributed by atoms with E-state index in [0.717, 1.165) is 32.9 Å². The lowest BCUT2D eigenvalue weighted by Crippen LogP contribution is -2.58. The summed E-state index contributed by atoms with van der Waals surface area (Å²) in [6.07, 6.45) is 0.0960. The van der Waals surface area contributed by atoms with Gasteiger partial charge in [0.2, 0.25) is 0 Å². The van der Waals surface area contributed by atoms with Gasteiger partial charge in [-0.15, -0.1) is 11.3 Å². The van der Waals surface area contributed by atoms with Crippen LogP contribution in [0.5, 0.6) is 0 Å². The van der Waals surface area contributed by atoms with Crippen LogP contribution < -0.4 is 10.2 Å². The molecule has 0 amide bonds. The summed E-state index contributed by atoms with van der Waals surface area (Å²) < 4.78 is 46.6. The van der Waals surface area contributed by atoms with E-state index in [4.69, 9.17) is 4.42 Å². The van der Waals surface area contributed by atoms with Crippen molar-refractivity contribution in [3.63, 3.8) is 0 Å². The van der Waals surface area contributed by atoms with Crippen molar-refractivity contribution in [3.05, 3.63) is 29.3 Å². The molecule has 10 heteroatoms. The van der Waals surface area contributed by atoms with Crippen molar-refractivity contribution in [2.24, 2.45) is 0 Å². The van der Waals surface area contributed by atoms with E-state index in [-0.39, 0.29) is 11.1 Å². The highest BCUT2D eigenvalue weighted by atomic mass is 32.1. The number of oxazole rings is 1. The summed E-state index contributed by atoms with van der Waals surface area (Å²) in [6, 6.07) is 3.66. The molecular weight excluding hydrogens is 417 g/mol. The van der Waals surface area contributed by atoms with Crippen molar-refractivity contribution in [1.29, 1.82) is 0 Å². The molecule has 0 saturated carbocycles. The zero-order valence-corrected chi connectivity index (χ0v) is 17.1. The van der Waals surface area contributed by atoms with E-state index in [2.05, 4.69) is 20.2 Å². The zero-order chi connectivity index (χ0) is 21.1. The smallest absolute Gasteiger partial charge is 0.421 e. The highest BCUT2D eigenvalue weighted by molar-refractivity contribution is 7.13. The third-order valence-corrected chi connectivity index (χ3v) is 6.79. The molecule has 30 heavy (non-hydrogen) atoms. The number of anilines is 1. The lowest BCUT2D eigenvalue weighted by Gasteiger charge is -2.41. The second kappa shape index (κ2) is 6.93. The summed E-state index contributed by atoms with van der Waals surface area (Å²) in [5, 5.41) is 16.1. The van der Waals surface area contributed by atoms with Crippen molar-refractivity contribution in [2.45, 2.75) is 50.0 Å². The van der Waals surface area contributed by atoms with Gasteiger partial charge in [-0.25, -0.2) is 4.98 Å². The first-order chi connectivity index (χ1) is 14.2. The van der Waals surface area contributed by atoms with Gasteiger partial charge in [0.1, 0.15) is 10.5 Å². The van der Waals surface area contributed by atoms with Crippen LogP contribution in [0.1, 0.15) is 31.7 Å². The van der Waals surface area contributed by atoms with Crippen LogP contribution >= 0.6 is 11.3 Å². The molecule has 0 aliphatic carbocycles. The first-order valence-corrected chi connectivity index (χ1v) is 10.8. The maximum atomic E-state index is 13.5. The number of hydrogen-bond donors (Lipinski definition) is 2. The molecule has 0 spiro atoms. The van der Waals surface area contributed by atoms with E-state index in [1.165, 1.54) is 29.9 Å². The number of piperazine rings is 1. The van der Waals surface area contributed by atoms with Crippen LogP contribution in [0.3, 0.4) is 0 Å². The Kier molecular flexibility index (Phi) is 4.57. The summed E-state index contributed by atoms with van der Waals surface area (Å²) in [4.78, 5) is 10.8. The lowest BCUT2D eigenvalue weighted by molar-refractivity contribution is -0.258. The van der Waals surface area contributed by atoms with Crippen LogP contribution in [0.2, 0.25) is 0 Å². The minimum Gasteiger partial charge on any atom is -0.423 e. The van der Waals surface area contributed by atoms with Gasteiger partial charge in [-0.3, -0.25) is 0 Å². The largest absolute Gasteiger partial charge is 0.423 e. The quantitative estimate of drug-likeness (QED) is 0.643. The maximum absolute atomic E-state index is 13.5. The SMILES string of the molecule is CC(O)(c1cc(-c2nccs2)c2oc(N3CC4CCCC(C3)N4)nc2c1)C(F)(F)F. The van der Waals surface area contributed by atoms with Gasteiger partial charge in [-0.1, -0.05) is 6.42 Å². The molecule has 2 fully saturated rings. The number of hydrogen-bond acceptors (Lipinski definition) is 7. The molecule has 3 aromatic rings. The summed E-state index contributed by atoms with van der Waals surface area (Å²) in [7, 11) is 0. The van der Waals surface area contributed by atoms with E-state index in [1.54, 1.807) is 11.6 Å². The number of thiazole rings is 1. The standard InChI is InChI=1S/C20H21F3N4O2S/c1-19(28,20(21,22)23)11-7-14(17-24-5-6-30-17)16-15(8-11)26-18(29-16)27-9-12-3-2-4-13(10-27)25-12/h5-8,12-13,25,28H,2-4,9-10H2,1H3. The molecule has 160 valence electrons. The van der Waals surface area contributed by atoms with E-state index in [1.807, 2.05) is 0 Å². The second-order valence-electron chi connectivity index (χ2n) is 8.17. The molecule has 4 heterocycles. The van der Waals surface area contributed by atoms with E-state index >= 15 is 0 Å². The number of aromatic nitrogens is 2. The number of aliphatic hydroxyl groups is 1. The van der Waals surface area contributed by atoms with Crippen molar-refractivity contribution in [3.8, 4) is 10.6 Å². The molecule has 5 rings (SSSR count). The fourth-order valence-electron chi connectivity index (χ4n) is 4.28. The summed E-state index contributed by atoms with van der Waals surface area (Å²) >= 11 is 1.29. The highest BCUT2D eigenvalue weighted by Crippen LogP contribution is 2.43. The molecule has 2 N–H and O–H groups in total. The van der Waals surface area contributed by atoms with Crippen LogP contribution in [-0.4, -0.2) is 46.4 Å². The van der Waals surface area contributed by atoms with Crippen LogP contribution in [0, 0.1) is 0 Å². The number of rotatable bonds is 3. The van der Waals surface area contributed by atoms with Gasteiger partial charge in [-0.05, 0) is 37.5 Å². The predicted octanol–water partition coefficient (Wildman–Crippen LogP) is 4.05. The Morgan fingerprint density at radius 3 is 2.60 bits per heavy atom.